The highest BCUT2D eigenvalue weighted by Crippen LogP contribution is 2.24. The van der Waals surface area contributed by atoms with Crippen molar-refractivity contribution in [3.8, 4) is 5.69 Å². The second-order valence-corrected chi connectivity index (χ2v) is 5.84. The first-order valence-corrected chi connectivity index (χ1v) is 7.84. The van der Waals surface area contributed by atoms with Crippen molar-refractivity contribution in [1.82, 2.24) is 9.55 Å². The second kappa shape index (κ2) is 6.64. The van der Waals surface area contributed by atoms with Crippen molar-refractivity contribution < 1.29 is 17.6 Å². The fourth-order valence-corrected chi connectivity index (χ4v) is 2.97. The summed E-state index contributed by atoms with van der Waals surface area (Å²) in [5, 5.41) is 0.132. The molecule has 1 heterocycles. The Morgan fingerprint density at radius 3 is 2.58 bits per heavy atom. The number of benzene rings is 2. The molecule has 2 aromatic carbocycles. The number of aromatic nitrogens is 2. The zero-order valence-corrected chi connectivity index (χ0v) is 12.9. The zero-order valence-electron chi connectivity index (χ0n) is 12.0. The van der Waals surface area contributed by atoms with Crippen molar-refractivity contribution in [3.05, 3.63) is 64.5 Å². The van der Waals surface area contributed by atoms with Crippen molar-refractivity contribution in [2.45, 2.75) is 11.6 Å². The molecule has 0 saturated heterocycles. The van der Waals surface area contributed by atoms with Crippen LogP contribution in [0.2, 0.25) is 0 Å². The highest BCUT2D eigenvalue weighted by Gasteiger charge is 2.17. The summed E-state index contributed by atoms with van der Waals surface area (Å²) in [6.07, 6.45) is -2.62. The lowest BCUT2D eigenvalue weighted by atomic mass is 10.2. The van der Waals surface area contributed by atoms with E-state index in [2.05, 4.69) is 4.98 Å². The first kappa shape index (κ1) is 16.5. The Balaban J connectivity index is 2.28. The zero-order chi connectivity index (χ0) is 17.3. The number of fused-ring (bicyclic) bond motifs is 1. The minimum absolute atomic E-state index is 0.0792. The molecule has 0 amide bonds. The van der Waals surface area contributed by atoms with Crippen LogP contribution in [0.1, 0.15) is 0 Å². The van der Waals surface area contributed by atoms with Crippen LogP contribution in [0.25, 0.3) is 16.6 Å². The minimum Gasteiger partial charge on any atom is -0.268 e. The second-order valence-electron chi connectivity index (χ2n) is 4.85. The van der Waals surface area contributed by atoms with Crippen LogP contribution in [0.3, 0.4) is 0 Å². The summed E-state index contributed by atoms with van der Waals surface area (Å²) in [6, 6.07) is 9.02. The predicted molar refractivity (Wildman–Crippen MR) is 84.0 cm³/mol. The summed E-state index contributed by atoms with van der Waals surface area (Å²) in [5.41, 5.74) is -0.530. The van der Waals surface area contributed by atoms with Crippen LogP contribution in [0, 0.1) is 11.6 Å². The van der Waals surface area contributed by atoms with Crippen molar-refractivity contribution in [2.75, 3.05) is 5.75 Å². The minimum atomic E-state index is -2.62. The average Bonchev–Trinajstić information content (AvgIpc) is 2.54. The highest BCUT2D eigenvalue weighted by molar-refractivity contribution is 7.99. The van der Waals surface area contributed by atoms with E-state index < -0.39 is 29.4 Å². The number of hydrogen-bond donors (Lipinski definition) is 0. The normalized spacial score (nSPS) is 11.4. The number of alkyl halides is 2. The molecule has 124 valence electrons. The van der Waals surface area contributed by atoms with Gasteiger partial charge in [-0.3, -0.25) is 9.36 Å². The Labute approximate surface area is 137 Å². The van der Waals surface area contributed by atoms with Gasteiger partial charge in [-0.1, -0.05) is 23.9 Å². The van der Waals surface area contributed by atoms with Crippen molar-refractivity contribution in [2.24, 2.45) is 0 Å². The molecule has 1 aromatic heterocycles. The van der Waals surface area contributed by atoms with Crippen molar-refractivity contribution in [3.63, 3.8) is 0 Å². The Morgan fingerprint density at radius 2 is 1.88 bits per heavy atom. The average molecular weight is 354 g/mol. The quantitative estimate of drug-likeness (QED) is 0.403. The van der Waals surface area contributed by atoms with Crippen LogP contribution in [0.4, 0.5) is 17.6 Å². The molecule has 0 N–H and O–H groups in total. The summed E-state index contributed by atoms with van der Waals surface area (Å²) in [5.74, 6) is -2.39. The van der Waals surface area contributed by atoms with Gasteiger partial charge < -0.3 is 0 Å². The van der Waals surface area contributed by atoms with E-state index >= 15 is 0 Å². The van der Waals surface area contributed by atoms with Crippen LogP contribution < -0.4 is 5.56 Å². The largest absolute Gasteiger partial charge is 0.268 e. The van der Waals surface area contributed by atoms with Gasteiger partial charge in [-0.15, -0.1) is 0 Å². The molecule has 0 aliphatic heterocycles. The van der Waals surface area contributed by atoms with Crippen molar-refractivity contribution in [1.29, 1.82) is 0 Å². The van der Waals surface area contributed by atoms with Gasteiger partial charge in [0.2, 0.25) is 6.43 Å². The van der Waals surface area contributed by atoms with Gasteiger partial charge in [0, 0.05) is 6.07 Å². The molecule has 0 aliphatic carbocycles. The topological polar surface area (TPSA) is 34.9 Å². The number of hydrogen-bond acceptors (Lipinski definition) is 3. The molecule has 3 rings (SSSR count). The number of nitrogens with zero attached hydrogens (tertiary/aromatic N) is 2. The van der Waals surface area contributed by atoms with Gasteiger partial charge in [0.05, 0.1) is 22.3 Å². The third-order valence-corrected chi connectivity index (χ3v) is 4.18. The van der Waals surface area contributed by atoms with Crippen LogP contribution >= 0.6 is 11.8 Å². The van der Waals surface area contributed by atoms with Crippen molar-refractivity contribution >= 4 is 22.7 Å². The molecule has 0 fully saturated rings. The van der Waals surface area contributed by atoms with E-state index in [9.17, 15) is 22.4 Å². The third kappa shape index (κ3) is 3.14. The van der Waals surface area contributed by atoms with Gasteiger partial charge >= 0.3 is 0 Å². The van der Waals surface area contributed by atoms with Crippen LogP contribution in [-0.2, 0) is 0 Å². The van der Waals surface area contributed by atoms with E-state index in [0.29, 0.717) is 23.3 Å². The van der Waals surface area contributed by atoms with E-state index in [1.807, 2.05) is 0 Å². The van der Waals surface area contributed by atoms with Gasteiger partial charge in [0.25, 0.3) is 5.56 Å². The lowest BCUT2D eigenvalue weighted by Gasteiger charge is -2.13. The maximum absolute atomic E-state index is 14.1. The highest BCUT2D eigenvalue weighted by atomic mass is 32.2. The number of rotatable bonds is 4. The van der Waals surface area contributed by atoms with E-state index in [4.69, 9.17) is 0 Å². The molecule has 3 aromatic rings. The van der Waals surface area contributed by atoms with E-state index in [1.54, 1.807) is 18.2 Å². The summed E-state index contributed by atoms with van der Waals surface area (Å²) >= 11 is 0.633. The van der Waals surface area contributed by atoms with E-state index in [0.717, 1.165) is 16.7 Å². The fraction of sp³-hybridized carbons (Fsp3) is 0.125. The van der Waals surface area contributed by atoms with Crippen LogP contribution in [0.15, 0.2) is 52.4 Å². The molecule has 0 atom stereocenters. The van der Waals surface area contributed by atoms with Crippen LogP contribution in [0.5, 0.6) is 0 Å². The summed E-state index contributed by atoms with van der Waals surface area (Å²) in [7, 11) is 0. The predicted octanol–water partition coefficient (Wildman–Crippen LogP) is 4.02. The molecular formula is C16H10F4N2OS. The standard InChI is InChI=1S/C16H10F4N2OS/c17-9-5-6-13(11(18)7-9)22-15(23)10-3-1-2-4-12(10)21-16(22)24-8-14(19)20/h1-7,14H,8H2. The monoisotopic (exact) mass is 354 g/mol. The Hall–Kier alpha value is -2.35. The maximum atomic E-state index is 14.1. The van der Waals surface area contributed by atoms with E-state index in [1.165, 1.54) is 6.07 Å². The van der Waals surface area contributed by atoms with Gasteiger partial charge in [0.15, 0.2) is 5.16 Å². The number of halogens is 4. The summed E-state index contributed by atoms with van der Waals surface area (Å²) in [4.78, 5) is 16.9. The number of thioether (sulfide) groups is 1. The lowest BCUT2D eigenvalue weighted by Crippen LogP contribution is -2.23. The fourth-order valence-electron chi connectivity index (χ4n) is 2.22. The number of para-hydroxylation sites is 1. The molecule has 0 aliphatic rings. The van der Waals surface area contributed by atoms with Crippen LogP contribution in [-0.4, -0.2) is 21.7 Å². The lowest BCUT2D eigenvalue weighted by molar-refractivity contribution is 0.176. The summed E-state index contributed by atoms with van der Waals surface area (Å²) in [6.45, 7) is 0. The molecule has 24 heavy (non-hydrogen) atoms. The first-order valence-electron chi connectivity index (χ1n) is 6.85. The maximum Gasteiger partial charge on any atom is 0.266 e. The van der Waals surface area contributed by atoms with Gasteiger partial charge in [-0.2, -0.15) is 0 Å². The Morgan fingerprint density at radius 1 is 1.12 bits per heavy atom. The molecule has 0 unspecified atom stereocenters. The van der Waals surface area contributed by atoms with Gasteiger partial charge in [0.1, 0.15) is 11.6 Å². The Bertz CT molecular complexity index is 958. The van der Waals surface area contributed by atoms with Gasteiger partial charge in [-0.25, -0.2) is 22.5 Å². The third-order valence-electron chi connectivity index (χ3n) is 3.23. The molecule has 0 spiro atoms. The molecule has 3 nitrogen and oxygen atoms in total. The summed E-state index contributed by atoms with van der Waals surface area (Å²) < 4.78 is 53.2. The SMILES string of the molecule is O=c1c2ccccc2nc(SCC(F)F)n1-c1ccc(F)cc1F. The molecular weight excluding hydrogens is 344 g/mol. The molecule has 0 radical (unpaired) electrons. The van der Waals surface area contributed by atoms with Gasteiger partial charge in [-0.05, 0) is 24.3 Å². The molecule has 0 saturated carbocycles. The molecule has 0 bridgehead atoms. The van der Waals surface area contributed by atoms with E-state index in [-0.39, 0.29) is 16.2 Å². The first-order chi connectivity index (χ1) is 11.5. The Kier molecular flexibility index (Phi) is 4.57. The molecule has 8 heteroatoms. The smallest absolute Gasteiger partial charge is 0.266 e.